The fourth-order valence-electron chi connectivity index (χ4n) is 3.15. The first-order valence-electron chi connectivity index (χ1n) is 8.34. The van der Waals surface area contributed by atoms with Crippen molar-refractivity contribution in [1.29, 1.82) is 0 Å². The number of rotatable bonds is 3. The first kappa shape index (κ1) is 17.8. The Morgan fingerprint density at radius 2 is 1.89 bits per heavy atom. The molecule has 4 rings (SSSR count). The van der Waals surface area contributed by atoms with Crippen LogP contribution in [0.15, 0.2) is 54.7 Å². The van der Waals surface area contributed by atoms with Crippen molar-refractivity contribution in [3.63, 3.8) is 0 Å². The zero-order chi connectivity index (χ0) is 19.0. The Kier molecular flexibility index (Phi) is 4.72. The van der Waals surface area contributed by atoms with Gasteiger partial charge in [0.2, 0.25) is 5.91 Å². The molecule has 0 bridgehead atoms. The zero-order valence-electron chi connectivity index (χ0n) is 14.1. The maximum atomic E-state index is 12.6. The van der Waals surface area contributed by atoms with Gasteiger partial charge in [0.05, 0.1) is 21.7 Å². The monoisotopic (exact) mass is 400 g/mol. The lowest BCUT2D eigenvalue weighted by atomic mass is 10.1. The number of carbonyl (C=O) groups excluding carboxylic acids is 2. The van der Waals surface area contributed by atoms with E-state index in [4.69, 9.17) is 27.9 Å². The van der Waals surface area contributed by atoms with Gasteiger partial charge in [-0.15, -0.1) is 0 Å². The normalized spacial score (nSPS) is 16.7. The first-order valence-corrected chi connectivity index (χ1v) is 9.10. The highest BCUT2D eigenvalue weighted by atomic mass is 35.5. The Labute approximate surface area is 165 Å². The van der Waals surface area contributed by atoms with E-state index in [1.807, 2.05) is 18.2 Å². The molecule has 27 heavy (non-hydrogen) atoms. The van der Waals surface area contributed by atoms with E-state index in [1.54, 1.807) is 36.5 Å². The van der Waals surface area contributed by atoms with Crippen LogP contribution in [0.2, 0.25) is 10.0 Å². The van der Waals surface area contributed by atoms with Crippen LogP contribution in [0.5, 0.6) is 5.75 Å². The molecular weight excluding hydrogens is 387 g/mol. The van der Waals surface area contributed by atoms with Gasteiger partial charge in [-0.2, -0.15) is 0 Å². The molecule has 1 amide bonds. The molecule has 1 fully saturated rings. The number of esters is 1. The van der Waals surface area contributed by atoms with Gasteiger partial charge in [-0.05, 0) is 24.3 Å². The summed E-state index contributed by atoms with van der Waals surface area (Å²) in [6.45, 7) is 0.190. The highest BCUT2D eigenvalue weighted by Gasteiger charge is 2.37. The molecule has 1 aliphatic rings. The van der Waals surface area contributed by atoms with E-state index >= 15 is 0 Å². The van der Waals surface area contributed by atoms with Crippen molar-refractivity contribution in [2.45, 2.75) is 6.42 Å². The van der Waals surface area contributed by atoms with Gasteiger partial charge in [-0.3, -0.25) is 14.6 Å². The van der Waals surface area contributed by atoms with Crippen LogP contribution >= 0.6 is 23.2 Å². The second-order valence-corrected chi connectivity index (χ2v) is 7.02. The number of ether oxygens (including phenoxy) is 1. The summed E-state index contributed by atoms with van der Waals surface area (Å²) in [6, 6.07) is 14.1. The highest BCUT2D eigenvalue weighted by Crippen LogP contribution is 2.36. The van der Waals surface area contributed by atoms with E-state index in [1.165, 1.54) is 4.90 Å². The molecule has 7 heteroatoms. The summed E-state index contributed by atoms with van der Waals surface area (Å²) in [6.07, 6.45) is 1.70. The third-order valence-corrected chi connectivity index (χ3v) is 5.30. The van der Waals surface area contributed by atoms with Crippen molar-refractivity contribution in [2.24, 2.45) is 5.92 Å². The van der Waals surface area contributed by atoms with Crippen LogP contribution in [0.3, 0.4) is 0 Å². The van der Waals surface area contributed by atoms with Crippen molar-refractivity contribution in [1.82, 2.24) is 4.98 Å². The van der Waals surface area contributed by atoms with E-state index in [-0.39, 0.29) is 18.9 Å². The van der Waals surface area contributed by atoms with Crippen molar-refractivity contribution >= 4 is 51.7 Å². The maximum absolute atomic E-state index is 12.6. The average molecular weight is 401 g/mol. The SMILES string of the molecule is O=C(Oc1cccc2cccnc12)[C@@H]1CC(=O)N(c2cccc(Cl)c2Cl)C1. The Morgan fingerprint density at radius 1 is 1.11 bits per heavy atom. The van der Waals surface area contributed by atoms with E-state index in [9.17, 15) is 9.59 Å². The molecule has 2 heterocycles. The first-order chi connectivity index (χ1) is 13.0. The minimum absolute atomic E-state index is 0.0554. The number of halogens is 2. The lowest BCUT2D eigenvalue weighted by molar-refractivity contribution is -0.139. The molecule has 1 atom stereocenters. The lowest BCUT2D eigenvalue weighted by Crippen LogP contribution is -2.27. The van der Waals surface area contributed by atoms with E-state index < -0.39 is 11.9 Å². The number of hydrogen-bond donors (Lipinski definition) is 0. The molecule has 0 radical (unpaired) electrons. The molecule has 5 nitrogen and oxygen atoms in total. The van der Waals surface area contributed by atoms with Crippen molar-refractivity contribution in [3.05, 3.63) is 64.8 Å². The maximum Gasteiger partial charge on any atom is 0.316 e. The van der Waals surface area contributed by atoms with E-state index in [0.717, 1.165) is 5.39 Å². The quantitative estimate of drug-likeness (QED) is 0.479. The summed E-state index contributed by atoms with van der Waals surface area (Å²) >= 11 is 12.2. The van der Waals surface area contributed by atoms with Gasteiger partial charge in [0, 0.05) is 24.5 Å². The minimum Gasteiger partial charge on any atom is -0.424 e. The second-order valence-electron chi connectivity index (χ2n) is 6.23. The van der Waals surface area contributed by atoms with Gasteiger partial charge in [0.1, 0.15) is 5.52 Å². The largest absolute Gasteiger partial charge is 0.424 e. The van der Waals surface area contributed by atoms with Crippen LogP contribution in [0.25, 0.3) is 10.9 Å². The number of benzene rings is 2. The number of nitrogens with zero attached hydrogens (tertiary/aromatic N) is 2. The second kappa shape index (κ2) is 7.18. The van der Waals surface area contributed by atoms with Gasteiger partial charge < -0.3 is 9.64 Å². The number of hydrogen-bond acceptors (Lipinski definition) is 4. The predicted molar refractivity (Wildman–Crippen MR) is 104 cm³/mol. The molecule has 0 unspecified atom stereocenters. The summed E-state index contributed by atoms with van der Waals surface area (Å²) in [5.41, 5.74) is 1.10. The Balaban J connectivity index is 1.55. The van der Waals surface area contributed by atoms with Crippen LogP contribution in [-0.2, 0) is 9.59 Å². The summed E-state index contributed by atoms with van der Waals surface area (Å²) in [7, 11) is 0. The highest BCUT2D eigenvalue weighted by molar-refractivity contribution is 6.44. The number of pyridine rings is 1. The summed E-state index contributed by atoms with van der Waals surface area (Å²) in [5, 5.41) is 1.52. The van der Waals surface area contributed by atoms with Crippen molar-refractivity contribution < 1.29 is 14.3 Å². The van der Waals surface area contributed by atoms with E-state index in [2.05, 4.69) is 4.98 Å². The zero-order valence-corrected chi connectivity index (χ0v) is 15.6. The van der Waals surface area contributed by atoms with Crippen LogP contribution in [0.1, 0.15) is 6.42 Å². The summed E-state index contributed by atoms with van der Waals surface area (Å²) < 4.78 is 5.56. The third kappa shape index (κ3) is 3.36. The number of carbonyl (C=O) groups is 2. The van der Waals surface area contributed by atoms with Crippen LogP contribution in [0, 0.1) is 5.92 Å². The van der Waals surface area contributed by atoms with Crippen molar-refractivity contribution in [2.75, 3.05) is 11.4 Å². The van der Waals surface area contributed by atoms with Gasteiger partial charge in [0.25, 0.3) is 0 Å². The molecule has 0 saturated carbocycles. The van der Waals surface area contributed by atoms with Crippen LogP contribution in [0.4, 0.5) is 5.69 Å². The van der Waals surface area contributed by atoms with Gasteiger partial charge >= 0.3 is 5.97 Å². The molecule has 1 aliphatic heterocycles. The third-order valence-electron chi connectivity index (χ3n) is 4.49. The summed E-state index contributed by atoms with van der Waals surface area (Å²) in [5.74, 6) is -0.879. The number of amides is 1. The molecular formula is C20H14Cl2N2O3. The van der Waals surface area contributed by atoms with Gasteiger partial charge in [0.15, 0.2) is 5.75 Å². The molecule has 1 aromatic heterocycles. The molecule has 2 aromatic carbocycles. The van der Waals surface area contributed by atoms with Crippen LogP contribution in [-0.4, -0.2) is 23.4 Å². The number of para-hydroxylation sites is 1. The predicted octanol–water partition coefficient (Wildman–Crippen LogP) is 4.50. The number of fused-ring (bicyclic) bond motifs is 1. The molecule has 0 spiro atoms. The van der Waals surface area contributed by atoms with Gasteiger partial charge in [-0.25, -0.2) is 0 Å². The minimum atomic E-state index is -0.591. The Morgan fingerprint density at radius 3 is 2.74 bits per heavy atom. The standard InChI is InChI=1S/C20H14Cl2N2O3/c21-14-6-2-7-15(18(14)22)24-11-13(10-17(24)25)20(26)27-16-8-1-4-12-5-3-9-23-19(12)16/h1-9,13H,10-11H2/t13-/m1/s1. The topological polar surface area (TPSA) is 59.5 Å². The molecule has 136 valence electrons. The van der Waals surface area contributed by atoms with Crippen LogP contribution < -0.4 is 9.64 Å². The number of anilines is 1. The fourth-order valence-corrected chi connectivity index (χ4v) is 3.55. The van der Waals surface area contributed by atoms with Gasteiger partial charge in [-0.1, -0.05) is 47.5 Å². The smallest absolute Gasteiger partial charge is 0.316 e. The Hall–Kier alpha value is -2.63. The van der Waals surface area contributed by atoms with E-state index in [0.29, 0.717) is 27.0 Å². The molecule has 3 aromatic rings. The molecule has 1 saturated heterocycles. The molecule has 0 N–H and O–H groups in total. The lowest BCUT2D eigenvalue weighted by Gasteiger charge is -2.18. The van der Waals surface area contributed by atoms with Crippen molar-refractivity contribution in [3.8, 4) is 5.75 Å². The average Bonchev–Trinajstić information content (AvgIpc) is 3.06. The Bertz CT molecular complexity index is 1050. The number of aromatic nitrogens is 1. The fraction of sp³-hybridized carbons (Fsp3) is 0.150. The summed E-state index contributed by atoms with van der Waals surface area (Å²) in [4.78, 5) is 30.8. The molecule has 0 aliphatic carbocycles.